The van der Waals surface area contributed by atoms with Crippen LogP contribution in [-0.4, -0.2) is 69.6 Å². The molecule has 0 bridgehead atoms. The van der Waals surface area contributed by atoms with Gasteiger partial charge >= 0.3 is 18.2 Å². The van der Waals surface area contributed by atoms with Crippen molar-refractivity contribution in [2.45, 2.75) is 19.6 Å². The zero-order valence-electron chi connectivity index (χ0n) is 21.2. The lowest BCUT2D eigenvalue weighted by Gasteiger charge is -2.28. The van der Waals surface area contributed by atoms with Gasteiger partial charge in [0.2, 0.25) is 5.95 Å². The molecule has 0 aliphatic carbocycles. The third kappa shape index (κ3) is 6.58. The highest BCUT2D eigenvalue weighted by atomic mass is 19.4. The van der Waals surface area contributed by atoms with E-state index in [0.717, 1.165) is 26.2 Å². The van der Waals surface area contributed by atoms with Gasteiger partial charge < -0.3 is 24.8 Å². The number of ether oxygens (including phenoxy) is 2. The maximum atomic E-state index is 13.3. The number of benzene rings is 1. The average molecular weight is 547 g/mol. The Morgan fingerprint density at radius 3 is 2.49 bits per heavy atom. The number of nitrogens with one attached hydrogen (secondary N) is 1. The molecule has 2 N–H and O–H groups in total. The van der Waals surface area contributed by atoms with E-state index in [1.807, 2.05) is 4.57 Å². The Morgan fingerprint density at radius 2 is 1.92 bits per heavy atom. The number of aromatic nitrogens is 4. The average Bonchev–Trinajstić information content (AvgIpc) is 3.29. The van der Waals surface area contributed by atoms with Gasteiger partial charge in [0, 0.05) is 33.2 Å². The number of alkyl halides is 3. The van der Waals surface area contributed by atoms with Gasteiger partial charge in [-0.3, -0.25) is 13.9 Å². The minimum Gasteiger partial charge on any atom is -0.494 e. The van der Waals surface area contributed by atoms with Crippen LogP contribution < -0.4 is 25.2 Å². The molecule has 3 aromatic rings. The predicted molar refractivity (Wildman–Crippen MR) is 134 cm³/mol. The van der Waals surface area contributed by atoms with E-state index >= 15 is 0 Å². The van der Waals surface area contributed by atoms with Crippen LogP contribution in [0.2, 0.25) is 0 Å². The quantitative estimate of drug-likeness (QED) is 0.366. The number of carbonyl (C=O) groups is 1. The molecule has 0 saturated carbocycles. The molecule has 1 aliphatic rings. The van der Waals surface area contributed by atoms with Crippen molar-refractivity contribution >= 4 is 28.8 Å². The lowest BCUT2D eigenvalue weighted by molar-refractivity contribution is -0.192. The van der Waals surface area contributed by atoms with E-state index in [0.29, 0.717) is 40.8 Å². The molecule has 0 unspecified atom stereocenters. The molecule has 0 spiro atoms. The van der Waals surface area contributed by atoms with Crippen molar-refractivity contribution in [1.82, 2.24) is 24.4 Å². The molecule has 0 amide bonds. The second-order valence-corrected chi connectivity index (χ2v) is 7.94. The third-order valence-electron chi connectivity index (χ3n) is 5.46. The van der Waals surface area contributed by atoms with Gasteiger partial charge in [-0.2, -0.15) is 23.1 Å². The molecule has 3 heterocycles. The lowest BCUT2D eigenvalue weighted by Crippen LogP contribution is -2.44. The van der Waals surface area contributed by atoms with Crippen molar-refractivity contribution in [2.75, 3.05) is 38.2 Å². The second kappa shape index (κ2) is 12.2. The van der Waals surface area contributed by atoms with Gasteiger partial charge in [0.15, 0.2) is 28.4 Å². The van der Waals surface area contributed by atoms with Crippen LogP contribution in [0.3, 0.4) is 0 Å². The Kier molecular flexibility index (Phi) is 9.00. The Morgan fingerprint density at radius 1 is 1.26 bits per heavy atom. The summed E-state index contributed by atoms with van der Waals surface area (Å²) >= 11 is 0. The number of halogens is 3. The van der Waals surface area contributed by atoms with Crippen molar-refractivity contribution in [3.8, 4) is 29.4 Å². The molecule has 1 fully saturated rings. The molecule has 2 aromatic heterocycles. The number of hydrogen-bond acceptors (Lipinski definition) is 8. The molecule has 1 aromatic carbocycles. The monoisotopic (exact) mass is 547 g/mol. The van der Waals surface area contributed by atoms with Gasteiger partial charge in [-0.15, -0.1) is 5.92 Å². The fourth-order valence-electron chi connectivity index (χ4n) is 3.54. The van der Waals surface area contributed by atoms with E-state index in [4.69, 9.17) is 25.9 Å². The van der Waals surface area contributed by atoms with Crippen molar-refractivity contribution < 1.29 is 32.5 Å². The molecule has 1 aliphatic heterocycles. The maximum Gasteiger partial charge on any atom is 0.490 e. The smallest absolute Gasteiger partial charge is 0.490 e. The number of piperazine rings is 1. The fourth-order valence-corrected chi connectivity index (χ4v) is 3.54. The number of hydrogen-bond donors (Lipinski definition) is 2. The van der Waals surface area contributed by atoms with Crippen molar-refractivity contribution in [3.63, 3.8) is 0 Å². The minimum absolute atomic E-state index is 0.0782. The number of carboxylic acid groups (broad SMARTS) is 1. The second-order valence-electron chi connectivity index (χ2n) is 7.94. The molecule has 0 radical (unpaired) electrons. The van der Waals surface area contributed by atoms with Gasteiger partial charge in [0.25, 0.3) is 5.56 Å². The predicted octanol–water partition coefficient (Wildman–Crippen LogP) is 2.55. The lowest BCUT2D eigenvalue weighted by atomic mass is 10.3. The summed E-state index contributed by atoms with van der Waals surface area (Å²) in [6, 6.07) is 4.88. The van der Waals surface area contributed by atoms with E-state index in [-0.39, 0.29) is 11.6 Å². The maximum absolute atomic E-state index is 13.3. The van der Waals surface area contributed by atoms with Crippen LogP contribution in [0.25, 0.3) is 16.0 Å². The number of anilines is 1. The summed E-state index contributed by atoms with van der Waals surface area (Å²) in [7, 11) is 3.08. The normalized spacial score (nSPS) is 13.0. The molecule has 0 atom stereocenters. The van der Waals surface area contributed by atoms with E-state index in [1.54, 1.807) is 32.2 Å². The summed E-state index contributed by atoms with van der Waals surface area (Å²) in [5, 5.41) is 10.4. The molecular weight excluding hydrogens is 523 g/mol. The van der Waals surface area contributed by atoms with Crippen LogP contribution in [0.4, 0.5) is 24.8 Å². The fraction of sp³-hybridized carbons (Fsp3) is 0.375. The van der Waals surface area contributed by atoms with Crippen LogP contribution in [0.1, 0.15) is 6.92 Å². The van der Waals surface area contributed by atoms with E-state index < -0.39 is 12.1 Å². The van der Waals surface area contributed by atoms with E-state index in [9.17, 15) is 18.0 Å². The Labute approximate surface area is 220 Å². The summed E-state index contributed by atoms with van der Waals surface area (Å²) in [5.74, 6) is 4.55. The number of carboxylic acids is 1. The van der Waals surface area contributed by atoms with Crippen LogP contribution >= 0.6 is 0 Å². The molecule has 4 rings (SSSR count). The van der Waals surface area contributed by atoms with E-state index in [1.165, 1.54) is 11.7 Å². The summed E-state index contributed by atoms with van der Waals surface area (Å²) in [4.78, 5) is 36.9. The zero-order chi connectivity index (χ0) is 28.7. The molecule has 206 valence electrons. The number of nitrogens with zero attached hydrogens (tertiary/aromatic N) is 6. The van der Waals surface area contributed by atoms with Gasteiger partial charge in [0.05, 0.1) is 20.2 Å². The first kappa shape index (κ1) is 28.8. The van der Waals surface area contributed by atoms with Crippen molar-refractivity contribution in [2.24, 2.45) is 7.05 Å². The number of imidazole rings is 1. The third-order valence-corrected chi connectivity index (χ3v) is 5.46. The first-order valence-electron chi connectivity index (χ1n) is 11.4. The first-order valence-corrected chi connectivity index (χ1v) is 11.4. The Balaban J connectivity index is 0.000000532. The Hall–Kier alpha value is -4.76. The summed E-state index contributed by atoms with van der Waals surface area (Å²) in [6.45, 7) is 12.5. The molecule has 1 saturated heterocycles. The van der Waals surface area contributed by atoms with Gasteiger partial charge in [0.1, 0.15) is 0 Å². The van der Waals surface area contributed by atoms with Crippen LogP contribution in [0.5, 0.6) is 17.5 Å². The largest absolute Gasteiger partial charge is 0.494 e. The van der Waals surface area contributed by atoms with Gasteiger partial charge in [-0.05, 0) is 19.1 Å². The van der Waals surface area contributed by atoms with Gasteiger partial charge in [-0.25, -0.2) is 9.64 Å². The molecular formula is C24H24F3N7O5. The Bertz CT molecular complexity index is 1520. The number of aliphatic carboxylic acids is 1. The minimum atomic E-state index is -5.08. The highest BCUT2D eigenvalue weighted by Crippen LogP contribution is 2.34. The number of rotatable bonds is 5. The van der Waals surface area contributed by atoms with E-state index in [2.05, 4.69) is 36.9 Å². The molecule has 15 heteroatoms. The standard InChI is InChI=1S/C22H23N7O3.C2HF3O2/c1-5-6-11-29-18-19(25-21(29)28-12-9-24-10-13-28)26-22(27(3)20(18)30)32-16-8-7-15(23-2)14-17(16)31-4;3-2(4,5)1(6)7/h7-8,14,24H,9-13H2,1,3-4H3;(H,6,7). The molecule has 12 nitrogen and oxygen atoms in total. The van der Waals surface area contributed by atoms with Gasteiger partial charge in [-0.1, -0.05) is 12.0 Å². The van der Waals surface area contributed by atoms with Crippen LogP contribution in [0.15, 0.2) is 23.0 Å². The summed E-state index contributed by atoms with van der Waals surface area (Å²) in [5.41, 5.74) is 0.814. The highest BCUT2D eigenvalue weighted by molar-refractivity contribution is 5.75. The number of fused-ring (bicyclic) bond motifs is 1. The highest BCUT2D eigenvalue weighted by Gasteiger charge is 2.38. The summed E-state index contributed by atoms with van der Waals surface area (Å²) in [6.07, 6.45) is -5.08. The summed E-state index contributed by atoms with van der Waals surface area (Å²) < 4.78 is 46.1. The van der Waals surface area contributed by atoms with Crippen molar-refractivity contribution in [3.05, 3.63) is 40.0 Å². The SMILES string of the molecule is O=C(O)C(F)(F)F.[C-]#[N+]c1ccc(Oc2nc3nc(N4CCNCC4)n(CC#CC)c3c(=O)n2C)c(OC)c1. The van der Waals surface area contributed by atoms with Crippen LogP contribution in [0, 0.1) is 18.4 Å². The first-order chi connectivity index (χ1) is 18.5. The van der Waals surface area contributed by atoms with Crippen LogP contribution in [-0.2, 0) is 18.4 Å². The topological polar surface area (TPSA) is 128 Å². The zero-order valence-corrected chi connectivity index (χ0v) is 21.2. The molecule has 39 heavy (non-hydrogen) atoms. The van der Waals surface area contributed by atoms with Crippen molar-refractivity contribution in [1.29, 1.82) is 0 Å². The number of methoxy groups -OCH3 is 1.